The van der Waals surface area contributed by atoms with Gasteiger partial charge in [0.15, 0.2) is 5.13 Å². The van der Waals surface area contributed by atoms with E-state index < -0.39 is 0 Å². The van der Waals surface area contributed by atoms with Crippen LogP contribution in [0.2, 0.25) is 0 Å². The maximum atomic E-state index is 5.25. The topological polar surface area (TPSA) is 34.1 Å². The lowest BCUT2D eigenvalue weighted by molar-refractivity contribution is 0.415. The first-order valence-electron chi connectivity index (χ1n) is 5.82. The molecule has 0 fully saturated rings. The van der Waals surface area contributed by atoms with Crippen molar-refractivity contribution in [2.45, 2.75) is 0 Å². The third kappa shape index (κ3) is 2.97. The van der Waals surface area contributed by atoms with E-state index in [2.05, 4.69) is 48.2 Å². The van der Waals surface area contributed by atoms with Crippen LogP contribution in [-0.2, 0) is 0 Å². The largest absolute Gasteiger partial charge is 0.497 e. The van der Waals surface area contributed by atoms with Crippen LogP contribution in [-0.4, -0.2) is 12.1 Å². The Hall–Kier alpha value is -1.11. The summed E-state index contributed by atoms with van der Waals surface area (Å²) in [5.74, 6) is 0.797. The number of thiazole rings is 1. The number of methoxy groups -OCH3 is 1. The summed E-state index contributed by atoms with van der Waals surface area (Å²) < 4.78 is 8.42. The Morgan fingerprint density at radius 2 is 1.95 bits per heavy atom. The fourth-order valence-electron chi connectivity index (χ4n) is 1.83. The molecule has 0 aliphatic rings. The van der Waals surface area contributed by atoms with Crippen molar-refractivity contribution in [2.24, 2.45) is 0 Å². The van der Waals surface area contributed by atoms with E-state index in [0.29, 0.717) is 0 Å². The van der Waals surface area contributed by atoms with Crippen molar-refractivity contribution >= 4 is 64.2 Å². The Bertz CT molecular complexity index is 773. The number of hydrogen-bond acceptors (Lipinski definition) is 4. The number of nitrogens with zero attached hydrogens (tertiary/aromatic N) is 1. The summed E-state index contributed by atoms with van der Waals surface area (Å²) in [5.41, 5.74) is 1.93. The van der Waals surface area contributed by atoms with Gasteiger partial charge in [-0.05, 0) is 30.3 Å². The fourth-order valence-corrected chi connectivity index (χ4v) is 3.74. The molecule has 0 amide bonds. The van der Waals surface area contributed by atoms with E-state index in [1.165, 1.54) is 0 Å². The van der Waals surface area contributed by atoms with Crippen LogP contribution in [0.5, 0.6) is 5.75 Å². The first kappa shape index (κ1) is 13.9. The lowest BCUT2D eigenvalue weighted by Crippen LogP contribution is -1.91. The molecule has 1 heterocycles. The number of halogens is 2. The lowest BCUT2D eigenvalue weighted by Gasteiger charge is -2.06. The van der Waals surface area contributed by atoms with Gasteiger partial charge in [-0.15, -0.1) is 0 Å². The zero-order chi connectivity index (χ0) is 14.1. The third-order valence-electron chi connectivity index (χ3n) is 2.71. The molecule has 0 saturated carbocycles. The minimum Gasteiger partial charge on any atom is -0.497 e. The number of hydrogen-bond donors (Lipinski definition) is 1. The predicted octanol–water partition coefficient (Wildman–Crippen LogP) is 5.57. The van der Waals surface area contributed by atoms with Crippen molar-refractivity contribution < 1.29 is 4.74 Å². The molecule has 3 rings (SSSR count). The van der Waals surface area contributed by atoms with Gasteiger partial charge in [0.2, 0.25) is 0 Å². The standard InChI is InChI=1S/C14H10Br2N2OS/c1-19-11-5-9(16)4-10(7-11)17-14-18-12-3-2-8(15)6-13(12)20-14/h2-7H,1H3,(H,17,18). The van der Waals surface area contributed by atoms with Crippen molar-refractivity contribution in [2.75, 3.05) is 12.4 Å². The number of ether oxygens (including phenoxy) is 1. The van der Waals surface area contributed by atoms with Crippen LogP contribution < -0.4 is 10.1 Å². The van der Waals surface area contributed by atoms with Gasteiger partial charge in [0.1, 0.15) is 5.75 Å². The highest BCUT2D eigenvalue weighted by Gasteiger charge is 2.06. The van der Waals surface area contributed by atoms with Crippen LogP contribution >= 0.6 is 43.2 Å². The average Bonchev–Trinajstić information content (AvgIpc) is 2.79. The molecule has 0 atom stereocenters. The Morgan fingerprint density at radius 3 is 2.75 bits per heavy atom. The molecule has 0 unspecified atom stereocenters. The van der Waals surface area contributed by atoms with Gasteiger partial charge in [0.25, 0.3) is 0 Å². The molecule has 0 bridgehead atoms. The van der Waals surface area contributed by atoms with Gasteiger partial charge < -0.3 is 10.1 Å². The van der Waals surface area contributed by atoms with Crippen LogP contribution in [0.3, 0.4) is 0 Å². The SMILES string of the molecule is COc1cc(Br)cc(Nc2nc3ccc(Br)cc3s2)c1. The molecule has 2 aromatic carbocycles. The van der Waals surface area contributed by atoms with Gasteiger partial charge in [-0.3, -0.25) is 0 Å². The number of benzene rings is 2. The Labute approximate surface area is 137 Å². The predicted molar refractivity (Wildman–Crippen MR) is 91.3 cm³/mol. The maximum Gasteiger partial charge on any atom is 0.188 e. The summed E-state index contributed by atoms with van der Waals surface area (Å²) in [7, 11) is 1.65. The molecule has 0 spiro atoms. The normalized spacial score (nSPS) is 10.8. The molecule has 6 heteroatoms. The van der Waals surface area contributed by atoms with Crippen LogP contribution in [0.25, 0.3) is 10.2 Å². The van der Waals surface area contributed by atoms with E-state index in [1.54, 1.807) is 18.4 Å². The molecule has 1 aromatic heterocycles. The van der Waals surface area contributed by atoms with Crippen molar-refractivity contribution in [3.63, 3.8) is 0 Å². The van der Waals surface area contributed by atoms with Crippen molar-refractivity contribution in [3.8, 4) is 5.75 Å². The van der Waals surface area contributed by atoms with Crippen LogP contribution in [0.4, 0.5) is 10.8 Å². The monoisotopic (exact) mass is 412 g/mol. The minimum absolute atomic E-state index is 0.797. The van der Waals surface area contributed by atoms with Gasteiger partial charge in [0, 0.05) is 20.7 Å². The summed E-state index contributed by atoms with van der Waals surface area (Å²) in [6, 6.07) is 11.9. The summed E-state index contributed by atoms with van der Waals surface area (Å²) in [6.45, 7) is 0. The maximum absolute atomic E-state index is 5.25. The molecule has 0 aliphatic heterocycles. The smallest absolute Gasteiger partial charge is 0.188 e. The van der Waals surface area contributed by atoms with E-state index in [1.807, 2.05) is 30.3 Å². The fraction of sp³-hybridized carbons (Fsp3) is 0.0714. The van der Waals surface area contributed by atoms with Gasteiger partial charge in [-0.25, -0.2) is 4.98 Å². The summed E-state index contributed by atoms with van der Waals surface area (Å²) in [4.78, 5) is 4.56. The van der Waals surface area contributed by atoms with Gasteiger partial charge >= 0.3 is 0 Å². The number of rotatable bonds is 3. The molecule has 3 aromatic rings. The average molecular weight is 414 g/mol. The molecule has 0 radical (unpaired) electrons. The van der Waals surface area contributed by atoms with Gasteiger partial charge in [-0.2, -0.15) is 0 Å². The summed E-state index contributed by atoms with van der Waals surface area (Å²) in [5, 5.41) is 4.17. The molecule has 0 aliphatic carbocycles. The van der Waals surface area contributed by atoms with Crippen LogP contribution in [0.15, 0.2) is 45.3 Å². The van der Waals surface area contributed by atoms with Crippen molar-refractivity contribution in [1.29, 1.82) is 0 Å². The van der Waals surface area contributed by atoms with Gasteiger partial charge in [0.05, 0.1) is 17.3 Å². The third-order valence-corrected chi connectivity index (χ3v) is 4.59. The number of nitrogens with one attached hydrogen (secondary N) is 1. The van der Waals surface area contributed by atoms with Crippen LogP contribution in [0, 0.1) is 0 Å². The van der Waals surface area contributed by atoms with Crippen LogP contribution in [0.1, 0.15) is 0 Å². The van der Waals surface area contributed by atoms with E-state index in [9.17, 15) is 0 Å². The Morgan fingerprint density at radius 1 is 1.10 bits per heavy atom. The summed E-state index contributed by atoms with van der Waals surface area (Å²) >= 11 is 8.56. The van der Waals surface area contributed by atoms with E-state index >= 15 is 0 Å². The molecule has 1 N–H and O–H groups in total. The zero-order valence-corrected chi connectivity index (χ0v) is 14.5. The van der Waals surface area contributed by atoms with E-state index in [-0.39, 0.29) is 0 Å². The Balaban J connectivity index is 1.94. The molecular weight excluding hydrogens is 404 g/mol. The zero-order valence-electron chi connectivity index (χ0n) is 10.5. The van der Waals surface area contributed by atoms with Crippen molar-refractivity contribution in [1.82, 2.24) is 4.98 Å². The first-order chi connectivity index (χ1) is 9.64. The molecule has 102 valence electrons. The molecule has 0 saturated heterocycles. The number of anilines is 2. The Kier molecular flexibility index (Phi) is 3.96. The lowest BCUT2D eigenvalue weighted by atomic mass is 10.3. The number of fused-ring (bicyclic) bond motifs is 1. The number of aromatic nitrogens is 1. The minimum atomic E-state index is 0.797. The second kappa shape index (κ2) is 5.71. The molecule has 20 heavy (non-hydrogen) atoms. The quantitative estimate of drug-likeness (QED) is 0.609. The van der Waals surface area contributed by atoms with E-state index in [4.69, 9.17) is 4.74 Å². The van der Waals surface area contributed by atoms with Gasteiger partial charge in [-0.1, -0.05) is 43.2 Å². The highest BCUT2D eigenvalue weighted by molar-refractivity contribution is 9.10. The van der Waals surface area contributed by atoms with E-state index in [0.717, 1.165) is 35.7 Å². The first-order valence-corrected chi connectivity index (χ1v) is 8.22. The molecule has 3 nitrogen and oxygen atoms in total. The summed E-state index contributed by atoms with van der Waals surface area (Å²) in [6.07, 6.45) is 0. The highest BCUT2D eigenvalue weighted by atomic mass is 79.9. The van der Waals surface area contributed by atoms with Crippen molar-refractivity contribution in [3.05, 3.63) is 45.3 Å². The highest BCUT2D eigenvalue weighted by Crippen LogP contribution is 2.32. The second-order valence-electron chi connectivity index (χ2n) is 4.14. The second-order valence-corrected chi connectivity index (χ2v) is 7.00. The molecular formula is C14H10Br2N2OS.